The summed E-state index contributed by atoms with van der Waals surface area (Å²) in [5.74, 6) is 0. The minimum Gasteiger partial charge on any atom is -0.309 e. The van der Waals surface area contributed by atoms with Crippen LogP contribution in [-0.2, 0) is 0 Å². The Bertz CT molecular complexity index is 594. The monoisotopic (exact) mass is 282 g/mol. The molecule has 0 saturated heterocycles. The second-order valence-corrected chi connectivity index (χ2v) is 6.69. The predicted octanol–water partition coefficient (Wildman–Crippen LogP) is 4.86. The third-order valence-electron chi connectivity index (χ3n) is 5.07. The number of rotatable bonds is 5. The van der Waals surface area contributed by atoms with E-state index in [1.165, 1.54) is 48.4 Å². The lowest BCUT2D eigenvalue weighted by Gasteiger charge is -2.36. The molecule has 0 aliphatic heterocycles. The maximum absolute atomic E-state index is 4.27. The number of hydrogen-bond acceptors (Lipinski definition) is 2. The van der Waals surface area contributed by atoms with E-state index in [-0.39, 0.29) is 0 Å². The zero-order valence-corrected chi connectivity index (χ0v) is 13.2. The van der Waals surface area contributed by atoms with Crippen LogP contribution in [0.3, 0.4) is 0 Å². The first-order valence-electron chi connectivity index (χ1n) is 8.30. The molecule has 1 aromatic carbocycles. The summed E-state index contributed by atoms with van der Waals surface area (Å²) >= 11 is 0. The first kappa shape index (κ1) is 14.5. The molecule has 1 saturated carbocycles. The van der Waals surface area contributed by atoms with Gasteiger partial charge in [0.25, 0.3) is 0 Å². The first-order chi connectivity index (χ1) is 10.2. The summed E-state index contributed by atoms with van der Waals surface area (Å²) in [4.78, 5) is 4.27. The van der Waals surface area contributed by atoms with Crippen molar-refractivity contribution in [2.75, 3.05) is 6.54 Å². The normalized spacial score (nSPS) is 19.0. The Hall–Kier alpha value is -1.41. The fourth-order valence-corrected chi connectivity index (χ4v) is 3.89. The van der Waals surface area contributed by atoms with Gasteiger partial charge in [-0.05, 0) is 48.2 Å². The highest BCUT2D eigenvalue weighted by molar-refractivity contribution is 5.85. The van der Waals surface area contributed by atoms with Crippen LogP contribution >= 0.6 is 0 Å². The Morgan fingerprint density at radius 1 is 1.24 bits per heavy atom. The molecule has 1 aliphatic carbocycles. The van der Waals surface area contributed by atoms with Gasteiger partial charge in [-0.3, -0.25) is 4.98 Å². The molecule has 112 valence electrons. The third-order valence-corrected chi connectivity index (χ3v) is 5.07. The standard InChI is InChI=1S/C19H26N2/c1-3-12-21-18(19(2)10-4-5-11-19)17-8-6-7-15-14-20-13-9-16(15)17/h6-9,13-14,18,21H,3-5,10-12H2,1-2H3. The zero-order chi connectivity index (χ0) is 14.7. The molecule has 0 radical (unpaired) electrons. The van der Waals surface area contributed by atoms with Gasteiger partial charge in [-0.25, -0.2) is 0 Å². The van der Waals surface area contributed by atoms with E-state index in [1.807, 2.05) is 12.4 Å². The van der Waals surface area contributed by atoms with Crippen molar-refractivity contribution in [3.8, 4) is 0 Å². The molecular formula is C19H26N2. The minimum atomic E-state index is 0.382. The van der Waals surface area contributed by atoms with Gasteiger partial charge in [0, 0.05) is 23.8 Å². The van der Waals surface area contributed by atoms with Gasteiger partial charge >= 0.3 is 0 Å². The number of nitrogens with one attached hydrogen (secondary N) is 1. The quantitative estimate of drug-likeness (QED) is 0.847. The first-order valence-corrected chi connectivity index (χ1v) is 8.30. The molecule has 3 rings (SSSR count). The number of nitrogens with zero attached hydrogens (tertiary/aromatic N) is 1. The molecule has 0 spiro atoms. The van der Waals surface area contributed by atoms with Crippen molar-refractivity contribution in [2.24, 2.45) is 5.41 Å². The van der Waals surface area contributed by atoms with E-state index in [9.17, 15) is 0 Å². The van der Waals surface area contributed by atoms with Crippen LogP contribution in [-0.4, -0.2) is 11.5 Å². The Kier molecular flexibility index (Phi) is 4.25. The molecule has 21 heavy (non-hydrogen) atoms. The Morgan fingerprint density at radius 2 is 2.05 bits per heavy atom. The Morgan fingerprint density at radius 3 is 2.81 bits per heavy atom. The molecule has 0 bridgehead atoms. The topological polar surface area (TPSA) is 24.9 Å². The molecule has 2 aromatic rings. The number of pyridine rings is 1. The third kappa shape index (κ3) is 2.82. The summed E-state index contributed by atoms with van der Waals surface area (Å²) < 4.78 is 0. The van der Waals surface area contributed by atoms with Gasteiger partial charge < -0.3 is 5.32 Å². The molecular weight excluding hydrogens is 256 g/mol. The fourth-order valence-electron chi connectivity index (χ4n) is 3.89. The largest absolute Gasteiger partial charge is 0.309 e. The van der Waals surface area contributed by atoms with Crippen LogP contribution in [0.25, 0.3) is 10.8 Å². The van der Waals surface area contributed by atoms with E-state index in [2.05, 4.69) is 48.4 Å². The van der Waals surface area contributed by atoms with Crippen LogP contribution in [0, 0.1) is 5.41 Å². The molecule has 2 nitrogen and oxygen atoms in total. The summed E-state index contributed by atoms with van der Waals surface area (Å²) in [6.45, 7) is 5.79. The summed E-state index contributed by atoms with van der Waals surface area (Å²) in [7, 11) is 0. The van der Waals surface area contributed by atoms with Crippen molar-refractivity contribution < 1.29 is 0 Å². The average molecular weight is 282 g/mol. The Labute approximate surface area is 128 Å². The van der Waals surface area contributed by atoms with Gasteiger partial charge in [0.2, 0.25) is 0 Å². The molecule has 1 unspecified atom stereocenters. The van der Waals surface area contributed by atoms with E-state index < -0.39 is 0 Å². The van der Waals surface area contributed by atoms with Crippen molar-refractivity contribution in [3.63, 3.8) is 0 Å². The summed E-state index contributed by atoms with van der Waals surface area (Å²) in [5.41, 5.74) is 1.83. The second-order valence-electron chi connectivity index (χ2n) is 6.69. The van der Waals surface area contributed by atoms with Gasteiger partial charge in [-0.1, -0.05) is 44.9 Å². The zero-order valence-electron chi connectivity index (χ0n) is 13.2. The maximum atomic E-state index is 4.27. The predicted molar refractivity (Wildman–Crippen MR) is 89.4 cm³/mol. The molecule has 0 amide bonds. The summed E-state index contributed by atoms with van der Waals surface area (Å²) in [6.07, 6.45) is 10.5. The molecule has 1 aromatic heterocycles. The van der Waals surface area contributed by atoms with Crippen molar-refractivity contribution in [1.82, 2.24) is 10.3 Å². The lowest BCUT2D eigenvalue weighted by atomic mass is 9.76. The molecule has 1 atom stereocenters. The van der Waals surface area contributed by atoms with Crippen molar-refractivity contribution in [2.45, 2.75) is 52.0 Å². The number of hydrogen-bond donors (Lipinski definition) is 1. The van der Waals surface area contributed by atoms with E-state index in [1.54, 1.807) is 0 Å². The molecule has 1 aliphatic rings. The van der Waals surface area contributed by atoms with Crippen LogP contribution < -0.4 is 5.32 Å². The van der Waals surface area contributed by atoms with Gasteiger partial charge in [0.1, 0.15) is 0 Å². The van der Waals surface area contributed by atoms with Crippen LogP contribution in [0.2, 0.25) is 0 Å². The lowest BCUT2D eigenvalue weighted by molar-refractivity contribution is 0.225. The van der Waals surface area contributed by atoms with Gasteiger partial charge in [-0.15, -0.1) is 0 Å². The van der Waals surface area contributed by atoms with Crippen molar-refractivity contribution in [1.29, 1.82) is 0 Å². The highest BCUT2D eigenvalue weighted by atomic mass is 14.9. The van der Waals surface area contributed by atoms with Crippen LogP contribution in [0.15, 0.2) is 36.7 Å². The van der Waals surface area contributed by atoms with Crippen LogP contribution in [0.4, 0.5) is 0 Å². The van der Waals surface area contributed by atoms with E-state index >= 15 is 0 Å². The van der Waals surface area contributed by atoms with E-state index in [0.717, 1.165) is 6.54 Å². The number of aromatic nitrogens is 1. The molecule has 1 N–H and O–H groups in total. The van der Waals surface area contributed by atoms with Gasteiger partial charge in [0.15, 0.2) is 0 Å². The number of benzene rings is 1. The summed E-state index contributed by atoms with van der Waals surface area (Å²) in [6, 6.07) is 9.27. The SMILES string of the molecule is CCCNC(c1cccc2cnccc12)C1(C)CCCC1. The molecule has 2 heteroatoms. The highest BCUT2D eigenvalue weighted by Crippen LogP contribution is 2.48. The van der Waals surface area contributed by atoms with Crippen LogP contribution in [0.1, 0.15) is 57.6 Å². The molecule has 1 heterocycles. The average Bonchev–Trinajstić information content (AvgIpc) is 2.95. The Balaban J connectivity index is 2.05. The lowest BCUT2D eigenvalue weighted by Crippen LogP contribution is -2.35. The van der Waals surface area contributed by atoms with Gasteiger partial charge in [-0.2, -0.15) is 0 Å². The van der Waals surface area contributed by atoms with Gasteiger partial charge in [0.05, 0.1) is 0 Å². The minimum absolute atomic E-state index is 0.382. The number of fused-ring (bicyclic) bond motifs is 1. The molecule has 1 fully saturated rings. The fraction of sp³-hybridized carbons (Fsp3) is 0.526. The van der Waals surface area contributed by atoms with Crippen molar-refractivity contribution in [3.05, 3.63) is 42.2 Å². The van der Waals surface area contributed by atoms with E-state index in [0.29, 0.717) is 11.5 Å². The highest BCUT2D eigenvalue weighted by Gasteiger charge is 2.38. The van der Waals surface area contributed by atoms with E-state index in [4.69, 9.17) is 0 Å². The smallest absolute Gasteiger partial charge is 0.0380 e. The maximum Gasteiger partial charge on any atom is 0.0380 e. The van der Waals surface area contributed by atoms with Crippen LogP contribution in [0.5, 0.6) is 0 Å². The second kappa shape index (κ2) is 6.15. The summed E-state index contributed by atoms with van der Waals surface area (Å²) in [5, 5.41) is 6.45. The van der Waals surface area contributed by atoms with Crippen molar-refractivity contribution >= 4 is 10.8 Å².